The maximum Gasteiger partial charge on any atom is 0.291 e. The van der Waals surface area contributed by atoms with Crippen molar-refractivity contribution in [3.8, 4) is 11.5 Å². The van der Waals surface area contributed by atoms with Gasteiger partial charge in [-0.2, -0.15) is 10.2 Å². The number of hydrogen-bond acceptors (Lipinski definition) is 4. The van der Waals surface area contributed by atoms with Gasteiger partial charge >= 0.3 is 0 Å². The zero-order valence-electron chi connectivity index (χ0n) is 14.4. The fourth-order valence-corrected chi connectivity index (χ4v) is 2.33. The molecule has 25 heavy (non-hydrogen) atoms. The Morgan fingerprint density at radius 1 is 1.24 bits per heavy atom. The number of furan rings is 1. The Labute approximate surface area is 146 Å². The van der Waals surface area contributed by atoms with Crippen molar-refractivity contribution in [1.29, 1.82) is 0 Å². The number of hydrogen-bond donors (Lipinski definition) is 2. The van der Waals surface area contributed by atoms with E-state index in [1.54, 1.807) is 12.3 Å². The number of hydrazone groups is 1. The quantitative estimate of drug-likeness (QED) is 0.548. The molecule has 1 amide bonds. The lowest BCUT2D eigenvalue weighted by Crippen LogP contribution is -2.18. The molecule has 0 aliphatic rings. The zero-order chi connectivity index (χ0) is 17.8. The van der Waals surface area contributed by atoms with E-state index in [9.17, 15) is 4.79 Å². The second kappa shape index (κ2) is 7.17. The molecule has 2 N–H and O–H groups in total. The van der Waals surface area contributed by atoms with E-state index in [4.69, 9.17) is 4.42 Å². The van der Waals surface area contributed by atoms with Crippen LogP contribution in [0.5, 0.6) is 0 Å². The molecule has 0 radical (unpaired) electrons. The van der Waals surface area contributed by atoms with Crippen LogP contribution in [-0.2, 0) is 0 Å². The predicted molar refractivity (Wildman–Crippen MR) is 96.6 cm³/mol. The zero-order valence-corrected chi connectivity index (χ0v) is 14.4. The third-order valence-electron chi connectivity index (χ3n) is 3.80. The third kappa shape index (κ3) is 4.03. The van der Waals surface area contributed by atoms with Crippen LogP contribution in [0.25, 0.3) is 11.5 Å². The number of amides is 1. The third-order valence-corrected chi connectivity index (χ3v) is 3.80. The first-order chi connectivity index (χ1) is 12.0. The molecule has 3 rings (SSSR count). The minimum Gasteiger partial charge on any atom is -0.460 e. The van der Waals surface area contributed by atoms with Crippen molar-refractivity contribution in [2.45, 2.75) is 26.7 Å². The Bertz CT molecular complexity index is 888. The largest absolute Gasteiger partial charge is 0.460 e. The second-order valence-corrected chi connectivity index (χ2v) is 6.10. The lowest BCUT2D eigenvalue weighted by Gasteiger charge is -2.04. The summed E-state index contributed by atoms with van der Waals surface area (Å²) in [4.78, 5) is 12.1. The van der Waals surface area contributed by atoms with Crippen molar-refractivity contribution in [3.63, 3.8) is 0 Å². The van der Waals surface area contributed by atoms with E-state index in [0.717, 1.165) is 11.3 Å². The lowest BCUT2D eigenvalue weighted by atomic mass is 10.0. The Morgan fingerprint density at radius 3 is 2.64 bits per heavy atom. The van der Waals surface area contributed by atoms with E-state index in [1.165, 1.54) is 5.56 Å². The van der Waals surface area contributed by atoms with Gasteiger partial charge in [-0.25, -0.2) is 5.43 Å². The van der Waals surface area contributed by atoms with Crippen LogP contribution in [0.3, 0.4) is 0 Å². The van der Waals surface area contributed by atoms with Crippen molar-refractivity contribution in [1.82, 2.24) is 15.6 Å². The molecule has 3 aromatic rings. The van der Waals surface area contributed by atoms with Gasteiger partial charge in [0, 0.05) is 6.07 Å². The molecule has 6 nitrogen and oxygen atoms in total. The minimum absolute atomic E-state index is 0.247. The van der Waals surface area contributed by atoms with Crippen LogP contribution < -0.4 is 5.43 Å². The van der Waals surface area contributed by atoms with E-state index in [-0.39, 0.29) is 11.6 Å². The van der Waals surface area contributed by atoms with E-state index >= 15 is 0 Å². The number of carbonyl (C=O) groups excluding carboxylic acids is 1. The van der Waals surface area contributed by atoms with E-state index < -0.39 is 0 Å². The van der Waals surface area contributed by atoms with Gasteiger partial charge < -0.3 is 4.42 Å². The number of benzene rings is 1. The molecule has 0 saturated carbocycles. The topological polar surface area (TPSA) is 83.3 Å². The lowest BCUT2D eigenvalue weighted by molar-refractivity contribution is 0.0950. The van der Waals surface area contributed by atoms with Gasteiger partial charge in [-0.15, -0.1) is 0 Å². The van der Waals surface area contributed by atoms with Crippen LogP contribution in [0.2, 0.25) is 0 Å². The smallest absolute Gasteiger partial charge is 0.291 e. The van der Waals surface area contributed by atoms with Crippen LogP contribution in [0.15, 0.2) is 52.0 Å². The average Bonchev–Trinajstić information content (AvgIpc) is 3.24. The number of nitrogens with zero attached hydrogens (tertiary/aromatic N) is 2. The van der Waals surface area contributed by atoms with Gasteiger partial charge in [0.25, 0.3) is 5.91 Å². The maximum atomic E-state index is 12.1. The summed E-state index contributed by atoms with van der Waals surface area (Å²) in [7, 11) is 0. The molecule has 0 unspecified atom stereocenters. The van der Waals surface area contributed by atoms with Crippen LogP contribution in [0.1, 0.15) is 47.1 Å². The molecule has 1 aromatic carbocycles. The average molecular weight is 336 g/mol. The van der Waals surface area contributed by atoms with Crippen LogP contribution in [-0.4, -0.2) is 22.3 Å². The fraction of sp³-hybridized carbons (Fsp3) is 0.211. The predicted octanol–water partition coefficient (Wildman–Crippen LogP) is 3.87. The highest BCUT2D eigenvalue weighted by molar-refractivity contribution is 5.94. The van der Waals surface area contributed by atoms with Crippen LogP contribution >= 0.6 is 0 Å². The summed E-state index contributed by atoms with van der Waals surface area (Å²) in [5, 5.41) is 10.7. The normalized spacial score (nSPS) is 11.4. The molecule has 6 heteroatoms. The number of aromatic amines is 1. The Hall–Kier alpha value is -3.15. The van der Waals surface area contributed by atoms with Gasteiger partial charge in [0.15, 0.2) is 11.5 Å². The SMILES string of the molecule is Cc1ccc(-c2cc(C(=O)N/N=C\c3ccc(C(C)C)cc3)n[nH]2)o1. The number of carbonyl (C=O) groups is 1. The Kier molecular flexibility index (Phi) is 4.79. The van der Waals surface area contributed by atoms with Crippen LogP contribution in [0.4, 0.5) is 0 Å². The Balaban J connectivity index is 1.61. The number of rotatable bonds is 5. The summed E-state index contributed by atoms with van der Waals surface area (Å²) >= 11 is 0. The number of aryl methyl sites for hydroxylation is 1. The first kappa shape index (κ1) is 16.7. The van der Waals surface area contributed by atoms with Gasteiger partial charge in [0.1, 0.15) is 11.5 Å². The van der Waals surface area contributed by atoms with Crippen molar-refractivity contribution in [2.75, 3.05) is 0 Å². The van der Waals surface area contributed by atoms with Gasteiger partial charge in [0.05, 0.1) is 6.21 Å². The number of nitrogens with one attached hydrogen (secondary N) is 2. The van der Waals surface area contributed by atoms with Gasteiger partial charge in [-0.05, 0) is 36.1 Å². The van der Waals surface area contributed by atoms with E-state index in [1.807, 2.05) is 31.2 Å². The second-order valence-electron chi connectivity index (χ2n) is 6.10. The standard InChI is InChI=1S/C19H20N4O2/c1-12(2)15-7-5-14(6-8-15)11-20-23-19(24)17-10-16(21-22-17)18-9-4-13(3)25-18/h4-12H,1-3H3,(H,21,22)(H,23,24)/b20-11-. The van der Waals surface area contributed by atoms with Crippen molar-refractivity contribution >= 4 is 12.1 Å². The molecular formula is C19H20N4O2. The Morgan fingerprint density at radius 2 is 2.00 bits per heavy atom. The van der Waals surface area contributed by atoms with Crippen molar-refractivity contribution < 1.29 is 9.21 Å². The summed E-state index contributed by atoms with van der Waals surface area (Å²) in [5.41, 5.74) is 5.54. The van der Waals surface area contributed by atoms with Crippen molar-refractivity contribution in [3.05, 3.63) is 65.0 Å². The summed E-state index contributed by atoms with van der Waals surface area (Å²) in [6.07, 6.45) is 1.60. The molecular weight excluding hydrogens is 316 g/mol. The van der Waals surface area contributed by atoms with E-state index in [2.05, 4.69) is 46.7 Å². The summed E-state index contributed by atoms with van der Waals surface area (Å²) < 4.78 is 5.50. The minimum atomic E-state index is -0.388. The molecule has 128 valence electrons. The van der Waals surface area contributed by atoms with Gasteiger partial charge in [-0.1, -0.05) is 38.1 Å². The van der Waals surface area contributed by atoms with Crippen LogP contribution in [0, 0.1) is 6.92 Å². The molecule has 0 saturated heterocycles. The molecule has 0 fully saturated rings. The summed E-state index contributed by atoms with van der Waals surface area (Å²) in [6, 6.07) is 13.3. The molecule has 0 aliphatic carbocycles. The number of aromatic nitrogens is 2. The highest BCUT2D eigenvalue weighted by Crippen LogP contribution is 2.20. The molecule has 0 spiro atoms. The highest BCUT2D eigenvalue weighted by atomic mass is 16.3. The van der Waals surface area contributed by atoms with Crippen molar-refractivity contribution in [2.24, 2.45) is 5.10 Å². The molecule has 0 atom stereocenters. The first-order valence-electron chi connectivity index (χ1n) is 8.08. The van der Waals surface area contributed by atoms with E-state index in [0.29, 0.717) is 17.4 Å². The summed E-state index contributed by atoms with van der Waals surface area (Å²) in [5.74, 6) is 1.53. The molecule has 0 aliphatic heterocycles. The summed E-state index contributed by atoms with van der Waals surface area (Å²) in [6.45, 7) is 6.15. The number of H-pyrrole nitrogens is 1. The maximum absolute atomic E-state index is 12.1. The van der Waals surface area contributed by atoms with Gasteiger partial charge in [0.2, 0.25) is 0 Å². The fourth-order valence-electron chi connectivity index (χ4n) is 2.33. The monoisotopic (exact) mass is 336 g/mol. The molecule has 2 heterocycles. The molecule has 0 bridgehead atoms. The molecule has 2 aromatic heterocycles. The van der Waals surface area contributed by atoms with Gasteiger partial charge in [-0.3, -0.25) is 9.89 Å². The highest BCUT2D eigenvalue weighted by Gasteiger charge is 2.12. The first-order valence-corrected chi connectivity index (χ1v) is 8.08.